The lowest BCUT2D eigenvalue weighted by atomic mass is 9.87. The Morgan fingerprint density at radius 3 is 2.61 bits per heavy atom. The average Bonchev–Trinajstić information content (AvgIpc) is 3.09. The highest BCUT2D eigenvalue weighted by Crippen LogP contribution is 2.35. The van der Waals surface area contributed by atoms with Crippen LogP contribution in [0.1, 0.15) is 49.8 Å². The molecule has 1 atom stereocenters. The number of aromatic nitrogens is 1. The van der Waals surface area contributed by atoms with Crippen LogP contribution in [0.25, 0.3) is 10.9 Å². The van der Waals surface area contributed by atoms with Gasteiger partial charge < -0.3 is 10.3 Å². The number of hydrogen-bond acceptors (Lipinski definition) is 1. The number of aryl methyl sites for hydroxylation is 1. The van der Waals surface area contributed by atoms with E-state index in [2.05, 4.69) is 17.2 Å². The molecular formula is C23H26F2N2O. The zero-order valence-electron chi connectivity index (χ0n) is 16.5. The van der Waals surface area contributed by atoms with Crippen molar-refractivity contribution in [3.8, 4) is 0 Å². The van der Waals surface area contributed by atoms with Crippen LogP contribution in [0.5, 0.6) is 0 Å². The Kier molecular flexibility index (Phi) is 6.12. The van der Waals surface area contributed by atoms with Gasteiger partial charge >= 0.3 is 0 Å². The minimum atomic E-state index is -0.636. The van der Waals surface area contributed by atoms with Gasteiger partial charge in [0.25, 0.3) is 0 Å². The number of carbonyl (C=O) groups is 1. The van der Waals surface area contributed by atoms with Crippen LogP contribution < -0.4 is 5.32 Å². The van der Waals surface area contributed by atoms with Gasteiger partial charge in [-0.2, -0.15) is 0 Å². The summed E-state index contributed by atoms with van der Waals surface area (Å²) in [4.78, 5) is 15.8. The van der Waals surface area contributed by atoms with Gasteiger partial charge in [0.1, 0.15) is 11.6 Å². The molecule has 1 unspecified atom stereocenters. The van der Waals surface area contributed by atoms with Crippen molar-refractivity contribution in [3.05, 3.63) is 70.9 Å². The number of amides is 1. The van der Waals surface area contributed by atoms with Crippen LogP contribution >= 0.6 is 0 Å². The third-order valence-electron chi connectivity index (χ3n) is 5.02. The average molecular weight is 384 g/mol. The first-order chi connectivity index (χ1) is 13.4. The summed E-state index contributed by atoms with van der Waals surface area (Å²) in [5.74, 6) is -1.60. The number of para-hydroxylation sites is 1. The van der Waals surface area contributed by atoms with Gasteiger partial charge in [-0.05, 0) is 35.1 Å². The Morgan fingerprint density at radius 1 is 1.14 bits per heavy atom. The van der Waals surface area contributed by atoms with Crippen LogP contribution in [0.4, 0.5) is 8.78 Å². The Bertz CT molecular complexity index is 978. The summed E-state index contributed by atoms with van der Waals surface area (Å²) in [6.45, 7) is 6.67. The van der Waals surface area contributed by atoms with Crippen molar-refractivity contribution < 1.29 is 13.6 Å². The molecule has 0 saturated heterocycles. The number of fused-ring (bicyclic) bond motifs is 1. The summed E-state index contributed by atoms with van der Waals surface area (Å²) in [6.07, 6.45) is 2.80. The Labute approximate surface area is 164 Å². The van der Waals surface area contributed by atoms with Crippen LogP contribution in [0.2, 0.25) is 0 Å². The molecule has 0 aliphatic rings. The second kappa shape index (κ2) is 8.55. The van der Waals surface area contributed by atoms with E-state index in [9.17, 15) is 13.6 Å². The van der Waals surface area contributed by atoms with Gasteiger partial charge in [0.2, 0.25) is 5.91 Å². The standard InChI is InChI=1S/C23H26F2N2O/c1-4-15-6-5-7-18-20(13-27-23(15)18)19(11-22(28)26-12-14(2)3)17-9-8-16(24)10-21(17)25/h5-10,13-14,19,27H,4,11-12H2,1-3H3,(H,26,28). The molecule has 148 valence electrons. The van der Waals surface area contributed by atoms with Crippen molar-refractivity contribution >= 4 is 16.8 Å². The van der Waals surface area contributed by atoms with Gasteiger partial charge in [0.15, 0.2) is 0 Å². The minimum absolute atomic E-state index is 0.0958. The van der Waals surface area contributed by atoms with Crippen molar-refractivity contribution in [3.63, 3.8) is 0 Å². The lowest BCUT2D eigenvalue weighted by Crippen LogP contribution is -2.29. The SMILES string of the molecule is CCc1cccc2c(C(CC(=O)NCC(C)C)c3ccc(F)cc3F)c[nH]c12. The third kappa shape index (κ3) is 4.24. The van der Waals surface area contributed by atoms with Crippen LogP contribution in [-0.4, -0.2) is 17.4 Å². The number of carbonyl (C=O) groups excluding carboxylic acids is 1. The summed E-state index contributed by atoms with van der Waals surface area (Å²) in [6, 6.07) is 9.54. The maximum Gasteiger partial charge on any atom is 0.220 e. The monoisotopic (exact) mass is 384 g/mol. The summed E-state index contributed by atoms with van der Waals surface area (Å²) in [5.41, 5.74) is 3.32. The molecule has 0 spiro atoms. The molecule has 3 rings (SSSR count). The Balaban J connectivity index is 2.05. The summed E-state index contributed by atoms with van der Waals surface area (Å²) in [7, 11) is 0. The van der Waals surface area contributed by atoms with E-state index in [1.54, 1.807) is 0 Å². The van der Waals surface area contributed by atoms with Crippen molar-refractivity contribution in [2.75, 3.05) is 6.54 Å². The maximum absolute atomic E-state index is 14.6. The zero-order chi connectivity index (χ0) is 20.3. The molecule has 2 N–H and O–H groups in total. The number of halogens is 2. The number of H-pyrrole nitrogens is 1. The quantitative estimate of drug-likeness (QED) is 0.570. The Morgan fingerprint density at radius 2 is 1.93 bits per heavy atom. The topological polar surface area (TPSA) is 44.9 Å². The molecule has 1 aromatic heterocycles. The van der Waals surface area contributed by atoms with E-state index in [1.807, 2.05) is 38.2 Å². The molecule has 3 aromatic rings. The van der Waals surface area contributed by atoms with Gasteiger partial charge in [0.05, 0.1) is 0 Å². The van der Waals surface area contributed by atoms with E-state index >= 15 is 0 Å². The lowest BCUT2D eigenvalue weighted by Gasteiger charge is -2.18. The van der Waals surface area contributed by atoms with E-state index in [0.717, 1.165) is 34.5 Å². The molecule has 0 radical (unpaired) electrons. The van der Waals surface area contributed by atoms with Crippen molar-refractivity contribution in [2.45, 2.75) is 39.5 Å². The molecule has 1 amide bonds. The van der Waals surface area contributed by atoms with Gasteiger partial charge in [-0.3, -0.25) is 4.79 Å². The van der Waals surface area contributed by atoms with E-state index < -0.39 is 17.6 Å². The van der Waals surface area contributed by atoms with Crippen molar-refractivity contribution in [1.82, 2.24) is 10.3 Å². The fourth-order valence-electron chi connectivity index (χ4n) is 3.57. The highest BCUT2D eigenvalue weighted by atomic mass is 19.1. The van der Waals surface area contributed by atoms with Crippen LogP contribution in [0.15, 0.2) is 42.6 Å². The number of rotatable bonds is 7. The number of nitrogens with one attached hydrogen (secondary N) is 2. The predicted molar refractivity (Wildman–Crippen MR) is 108 cm³/mol. The van der Waals surface area contributed by atoms with E-state index in [1.165, 1.54) is 12.1 Å². The second-order valence-corrected chi connectivity index (χ2v) is 7.56. The van der Waals surface area contributed by atoms with Gasteiger partial charge in [-0.15, -0.1) is 0 Å². The summed E-state index contributed by atoms with van der Waals surface area (Å²) in [5, 5.41) is 3.86. The van der Waals surface area contributed by atoms with Crippen LogP contribution in [0, 0.1) is 17.6 Å². The normalized spacial score (nSPS) is 12.5. The van der Waals surface area contributed by atoms with Gasteiger partial charge in [-0.1, -0.05) is 45.0 Å². The fourth-order valence-corrected chi connectivity index (χ4v) is 3.57. The largest absolute Gasteiger partial charge is 0.361 e. The molecule has 0 bridgehead atoms. The maximum atomic E-state index is 14.6. The molecule has 5 heteroatoms. The fraction of sp³-hybridized carbons (Fsp3) is 0.348. The third-order valence-corrected chi connectivity index (χ3v) is 5.02. The summed E-state index contributed by atoms with van der Waals surface area (Å²) < 4.78 is 28.1. The highest BCUT2D eigenvalue weighted by molar-refractivity contribution is 5.88. The molecule has 1 heterocycles. The molecule has 0 aliphatic heterocycles. The number of hydrogen-bond donors (Lipinski definition) is 2. The van der Waals surface area contributed by atoms with Crippen molar-refractivity contribution in [2.24, 2.45) is 5.92 Å². The predicted octanol–water partition coefficient (Wildman–Crippen LogP) is 5.30. The molecule has 0 aliphatic carbocycles. The van der Waals surface area contributed by atoms with E-state index in [-0.39, 0.29) is 12.3 Å². The lowest BCUT2D eigenvalue weighted by molar-refractivity contribution is -0.121. The molecule has 28 heavy (non-hydrogen) atoms. The molecule has 3 nitrogen and oxygen atoms in total. The van der Waals surface area contributed by atoms with Crippen molar-refractivity contribution in [1.29, 1.82) is 0 Å². The molecular weight excluding hydrogens is 358 g/mol. The van der Waals surface area contributed by atoms with Crippen LogP contribution in [-0.2, 0) is 11.2 Å². The first-order valence-electron chi connectivity index (χ1n) is 9.71. The van der Waals surface area contributed by atoms with Gasteiger partial charge in [0, 0.05) is 42.0 Å². The molecule has 0 fully saturated rings. The number of aromatic amines is 1. The smallest absolute Gasteiger partial charge is 0.220 e. The second-order valence-electron chi connectivity index (χ2n) is 7.56. The minimum Gasteiger partial charge on any atom is -0.361 e. The first kappa shape index (κ1) is 20.1. The van der Waals surface area contributed by atoms with Gasteiger partial charge in [-0.25, -0.2) is 8.78 Å². The Hall–Kier alpha value is -2.69. The first-order valence-corrected chi connectivity index (χ1v) is 9.71. The zero-order valence-corrected chi connectivity index (χ0v) is 16.5. The number of benzene rings is 2. The van der Waals surface area contributed by atoms with E-state index in [0.29, 0.717) is 18.0 Å². The summed E-state index contributed by atoms with van der Waals surface area (Å²) >= 11 is 0. The van der Waals surface area contributed by atoms with E-state index in [4.69, 9.17) is 0 Å². The molecule has 2 aromatic carbocycles. The van der Waals surface area contributed by atoms with Crippen LogP contribution in [0.3, 0.4) is 0 Å². The highest BCUT2D eigenvalue weighted by Gasteiger charge is 2.25. The molecule has 0 saturated carbocycles.